The minimum absolute atomic E-state index is 0.0436. The van der Waals surface area contributed by atoms with Crippen LogP contribution in [0, 0.1) is 40.4 Å². The van der Waals surface area contributed by atoms with Crippen LogP contribution in [0.4, 0.5) is 0 Å². The second-order valence-corrected chi connectivity index (χ2v) is 14.3. The van der Waals surface area contributed by atoms with Gasteiger partial charge in [0.05, 0.1) is 11.5 Å². The van der Waals surface area contributed by atoms with Crippen molar-refractivity contribution in [1.82, 2.24) is 0 Å². The molecule has 41 heavy (non-hydrogen) atoms. The standard InChI is InChI=1S/C34H42O7/c1-16(2)21-13-20(12-19-10-8-9-11-19)27(36)24-22(21)14-32(6)15-33(7)25(17(3)4)28(37)23(18(5)35)30(39)34(33,41)31(40)26(32)29(24)38/h8-9,13,16-17,19,23,25-26,36,41H,10-12,14-15H2,1-7H3/t23?,25?,26?,32-,33-,34+/m1/s1. The largest absolute Gasteiger partial charge is 0.507 e. The van der Waals surface area contributed by atoms with Gasteiger partial charge in [-0.25, -0.2) is 0 Å². The third-order valence-corrected chi connectivity index (χ3v) is 10.7. The van der Waals surface area contributed by atoms with Crippen LogP contribution in [-0.2, 0) is 32.0 Å². The fourth-order valence-corrected chi connectivity index (χ4v) is 9.11. The van der Waals surface area contributed by atoms with Gasteiger partial charge >= 0.3 is 0 Å². The highest BCUT2D eigenvalue weighted by molar-refractivity contribution is 6.32. The van der Waals surface area contributed by atoms with Crippen molar-refractivity contribution in [1.29, 1.82) is 0 Å². The molecule has 0 heterocycles. The highest BCUT2D eigenvalue weighted by Gasteiger charge is 2.76. The Kier molecular flexibility index (Phi) is 6.88. The maximum absolute atomic E-state index is 14.5. The van der Waals surface area contributed by atoms with E-state index in [9.17, 15) is 34.2 Å². The second kappa shape index (κ2) is 9.55. The molecule has 1 aromatic carbocycles. The number of Topliss-reactive ketones (excluding diaryl/α,β-unsaturated/α-hetero) is 5. The Hall–Kier alpha value is -2.93. The van der Waals surface area contributed by atoms with E-state index in [1.54, 1.807) is 20.8 Å². The third-order valence-electron chi connectivity index (χ3n) is 10.7. The van der Waals surface area contributed by atoms with Gasteiger partial charge in [-0.1, -0.05) is 59.8 Å². The lowest BCUT2D eigenvalue weighted by Crippen LogP contribution is -2.76. The van der Waals surface area contributed by atoms with E-state index >= 15 is 0 Å². The number of phenolic OH excluding ortho intramolecular Hbond substituents is 1. The number of carbonyl (C=O) groups is 5. The summed E-state index contributed by atoms with van der Waals surface area (Å²) in [5, 5.41) is 23.7. The van der Waals surface area contributed by atoms with Gasteiger partial charge in [-0.05, 0) is 78.9 Å². The van der Waals surface area contributed by atoms with Gasteiger partial charge in [0.2, 0.25) is 0 Å². The molecular weight excluding hydrogens is 520 g/mol. The lowest BCUT2D eigenvalue weighted by Gasteiger charge is -2.62. The van der Waals surface area contributed by atoms with E-state index in [1.165, 1.54) is 0 Å². The zero-order valence-corrected chi connectivity index (χ0v) is 25.2. The van der Waals surface area contributed by atoms with Crippen LogP contribution in [0.1, 0.15) is 101 Å². The molecule has 2 saturated carbocycles. The second-order valence-electron chi connectivity index (χ2n) is 14.3. The molecule has 4 aliphatic carbocycles. The molecule has 6 atom stereocenters. The first-order valence-corrected chi connectivity index (χ1v) is 14.9. The number of phenols is 1. The monoisotopic (exact) mass is 562 g/mol. The van der Waals surface area contributed by atoms with Crippen molar-refractivity contribution in [2.45, 2.75) is 92.1 Å². The Labute approximate surface area is 241 Å². The first kappa shape index (κ1) is 29.6. The summed E-state index contributed by atoms with van der Waals surface area (Å²) in [6, 6.07) is 2.00. The van der Waals surface area contributed by atoms with Gasteiger partial charge in [0.25, 0.3) is 0 Å². The normalized spacial score (nSPS) is 35.2. The minimum atomic E-state index is -2.67. The van der Waals surface area contributed by atoms with Crippen LogP contribution in [0.15, 0.2) is 18.2 Å². The molecule has 0 aromatic heterocycles. The summed E-state index contributed by atoms with van der Waals surface area (Å²) < 4.78 is 0. The van der Waals surface area contributed by atoms with Crippen molar-refractivity contribution < 1.29 is 34.2 Å². The molecule has 0 bridgehead atoms. The first-order valence-electron chi connectivity index (χ1n) is 14.9. The fourth-order valence-electron chi connectivity index (χ4n) is 9.11. The van der Waals surface area contributed by atoms with E-state index in [4.69, 9.17) is 0 Å². The SMILES string of the molecule is CC(=O)C1C(=O)C(C(C)C)[C@@]2(C)C[C@@]3(C)Cc4c(C(C)C)cc(CC5CC=CC5)c(O)c4C(=O)C3C(=O)[C@@]2(O)C1=O. The maximum Gasteiger partial charge on any atom is 0.190 e. The van der Waals surface area contributed by atoms with Crippen molar-refractivity contribution >= 4 is 28.9 Å². The van der Waals surface area contributed by atoms with E-state index in [-0.39, 0.29) is 36.0 Å². The molecule has 0 radical (unpaired) electrons. The topological polar surface area (TPSA) is 126 Å². The summed E-state index contributed by atoms with van der Waals surface area (Å²) in [6.45, 7) is 12.2. The molecule has 0 amide bonds. The van der Waals surface area contributed by atoms with E-state index in [2.05, 4.69) is 12.2 Å². The summed E-state index contributed by atoms with van der Waals surface area (Å²) in [5.74, 6) is -8.13. The number of fused-ring (bicyclic) bond motifs is 3. The third kappa shape index (κ3) is 3.90. The van der Waals surface area contributed by atoms with Crippen LogP contribution in [0.3, 0.4) is 0 Å². The number of hydrogen-bond donors (Lipinski definition) is 2. The Balaban J connectivity index is 1.71. The number of aromatic hydroxyl groups is 1. The zero-order valence-electron chi connectivity index (χ0n) is 25.2. The van der Waals surface area contributed by atoms with Crippen LogP contribution >= 0.6 is 0 Å². The minimum Gasteiger partial charge on any atom is -0.507 e. The Morgan fingerprint density at radius 3 is 2.17 bits per heavy atom. The summed E-state index contributed by atoms with van der Waals surface area (Å²) in [4.78, 5) is 68.9. The van der Waals surface area contributed by atoms with Crippen molar-refractivity contribution in [2.24, 2.45) is 40.4 Å². The predicted octanol–water partition coefficient (Wildman–Crippen LogP) is 4.73. The molecule has 2 fully saturated rings. The van der Waals surface area contributed by atoms with E-state index in [1.807, 2.05) is 26.8 Å². The molecular formula is C34H42O7. The zero-order chi connectivity index (χ0) is 30.4. The smallest absolute Gasteiger partial charge is 0.190 e. The highest BCUT2D eigenvalue weighted by atomic mass is 16.3. The Morgan fingerprint density at radius 2 is 1.63 bits per heavy atom. The summed E-state index contributed by atoms with van der Waals surface area (Å²) in [5.41, 5.74) is -2.76. The van der Waals surface area contributed by atoms with Crippen LogP contribution in [0.5, 0.6) is 5.75 Å². The van der Waals surface area contributed by atoms with Gasteiger partial charge in [0.15, 0.2) is 28.7 Å². The number of carbonyl (C=O) groups excluding carboxylic acids is 5. The van der Waals surface area contributed by atoms with Gasteiger partial charge in [-0.2, -0.15) is 0 Å². The van der Waals surface area contributed by atoms with Crippen LogP contribution in [0.2, 0.25) is 0 Å². The molecule has 5 rings (SSSR count). The van der Waals surface area contributed by atoms with Crippen LogP contribution in [0.25, 0.3) is 0 Å². The molecule has 7 nitrogen and oxygen atoms in total. The van der Waals surface area contributed by atoms with Gasteiger partial charge < -0.3 is 10.2 Å². The molecule has 3 unspecified atom stereocenters. The van der Waals surface area contributed by atoms with E-state index in [0.717, 1.165) is 25.3 Å². The van der Waals surface area contributed by atoms with Crippen LogP contribution in [-0.4, -0.2) is 44.7 Å². The van der Waals surface area contributed by atoms with Gasteiger partial charge in [0.1, 0.15) is 17.5 Å². The van der Waals surface area contributed by atoms with Gasteiger partial charge in [-0.15, -0.1) is 0 Å². The Bertz CT molecular complexity index is 1410. The molecule has 2 N–H and O–H groups in total. The average molecular weight is 563 g/mol. The van der Waals surface area contributed by atoms with E-state index < -0.39 is 63.1 Å². The number of ketones is 5. The van der Waals surface area contributed by atoms with Crippen molar-refractivity contribution in [3.05, 3.63) is 40.5 Å². The predicted molar refractivity (Wildman–Crippen MR) is 153 cm³/mol. The summed E-state index contributed by atoms with van der Waals surface area (Å²) in [7, 11) is 0. The fraction of sp³-hybridized carbons (Fsp3) is 0.618. The van der Waals surface area contributed by atoms with Gasteiger partial charge in [0, 0.05) is 11.3 Å². The van der Waals surface area contributed by atoms with Crippen molar-refractivity contribution in [3.8, 4) is 5.75 Å². The number of hydrogen-bond acceptors (Lipinski definition) is 7. The van der Waals surface area contributed by atoms with Crippen molar-refractivity contribution in [3.63, 3.8) is 0 Å². The molecule has 0 aliphatic heterocycles. The number of allylic oxidation sites excluding steroid dienone is 2. The number of benzene rings is 1. The quantitative estimate of drug-likeness (QED) is 0.393. The lowest BCUT2D eigenvalue weighted by atomic mass is 9.39. The molecule has 7 heteroatoms. The molecule has 0 saturated heterocycles. The molecule has 0 spiro atoms. The highest BCUT2D eigenvalue weighted by Crippen LogP contribution is 2.64. The average Bonchev–Trinajstić information content (AvgIpc) is 3.35. The molecule has 220 valence electrons. The molecule has 1 aromatic rings. The number of rotatable bonds is 5. The summed E-state index contributed by atoms with van der Waals surface area (Å²) in [6.07, 6.45) is 6.95. The number of aliphatic hydroxyl groups is 1. The maximum atomic E-state index is 14.5. The van der Waals surface area contributed by atoms with Crippen molar-refractivity contribution in [2.75, 3.05) is 0 Å². The van der Waals surface area contributed by atoms with Crippen LogP contribution < -0.4 is 0 Å². The Morgan fingerprint density at radius 1 is 1.02 bits per heavy atom. The van der Waals surface area contributed by atoms with Gasteiger partial charge in [-0.3, -0.25) is 24.0 Å². The van der Waals surface area contributed by atoms with E-state index in [0.29, 0.717) is 23.5 Å². The first-order chi connectivity index (χ1) is 19.0. The lowest BCUT2D eigenvalue weighted by molar-refractivity contribution is -0.205. The summed E-state index contributed by atoms with van der Waals surface area (Å²) >= 11 is 0. The molecule has 4 aliphatic rings.